The van der Waals surface area contributed by atoms with Gasteiger partial charge in [-0.15, -0.1) is 0 Å². The van der Waals surface area contributed by atoms with Gasteiger partial charge in [0.05, 0.1) is 17.1 Å². The highest BCUT2D eigenvalue weighted by Crippen LogP contribution is 2.23. The molecule has 1 atom stereocenters. The van der Waals surface area contributed by atoms with Gasteiger partial charge in [-0.2, -0.15) is 0 Å². The maximum atomic E-state index is 12.5. The van der Waals surface area contributed by atoms with Crippen molar-refractivity contribution in [2.24, 2.45) is 0 Å². The van der Waals surface area contributed by atoms with Crippen molar-refractivity contribution in [2.45, 2.75) is 19.6 Å². The molecule has 0 fully saturated rings. The summed E-state index contributed by atoms with van der Waals surface area (Å²) in [5, 5.41) is 25.4. The van der Waals surface area contributed by atoms with Crippen LogP contribution in [0.4, 0.5) is 11.4 Å². The number of hydrogen-bond donors (Lipinski definition) is 3. The SMILES string of the molecule is C[C@H](OC(=O)c1cc([N+](=O)[O-])ccc1NCCO)C(=O)NCc1ccccc1. The zero-order chi connectivity index (χ0) is 20.5. The molecule has 1 amide bonds. The monoisotopic (exact) mass is 387 g/mol. The van der Waals surface area contributed by atoms with Gasteiger partial charge in [-0.25, -0.2) is 4.79 Å². The van der Waals surface area contributed by atoms with E-state index < -0.39 is 22.9 Å². The number of nitro benzene ring substituents is 1. The van der Waals surface area contributed by atoms with Crippen LogP contribution in [-0.4, -0.2) is 41.2 Å². The number of carbonyl (C=O) groups excluding carboxylic acids is 2. The second-order valence-electron chi connectivity index (χ2n) is 5.89. The minimum Gasteiger partial charge on any atom is -0.449 e. The van der Waals surface area contributed by atoms with Gasteiger partial charge in [0, 0.05) is 30.9 Å². The second-order valence-corrected chi connectivity index (χ2v) is 5.89. The molecular weight excluding hydrogens is 366 g/mol. The Hall–Kier alpha value is -3.46. The van der Waals surface area contributed by atoms with Crippen molar-refractivity contribution >= 4 is 23.3 Å². The number of non-ortho nitro benzene ring substituents is 1. The van der Waals surface area contributed by atoms with Crippen LogP contribution in [0, 0.1) is 10.1 Å². The summed E-state index contributed by atoms with van der Waals surface area (Å²) < 4.78 is 5.17. The van der Waals surface area contributed by atoms with Crippen molar-refractivity contribution in [3.8, 4) is 0 Å². The molecule has 0 heterocycles. The molecule has 0 unspecified atom stereocenters. The van der Waals surface area contributed by atoms with Gasteiger partial charge >= 0.3 is 5.97 Å². The molecule has 0 saturated carbocycles. The molecule has 0 radical (unpaired) electrons. The van der Waals surface area contributed by atoms with Crippen molar-refractivity contribution in [1.29, 1.82) is 0 Å². The van der Waals surface area contributed by atoms with Crippen LogP contribution >= 0.6 is 0 Å². The Bertz CT molecular complexity index is 841. The molecule has 9 nitrogen and oxygen atoms in total. The number of nitro groups is 1. The molecule has 2 aromatic rings. The fourth-order valence-electron chi connectivity index (χ4n) is 2.37. The van der Waals surface area contributed by atoms with Crippen LogP contribution in [0.5, 0.6) is 0 Å². The minimum absolute atomic E-state index is 0.0923. The number of aliphatic hydroxyl groups is 1. The summed E-state index contributed by atoms with van der Waals surface area (Å²) in [6, 6.07) is 12.9. The van der Waals surface area contributed by atoms with Crippen LogP contribution < -0.4 is 10.6 Å². The van der Waals surface area contributed by atoms with Gasteiger partial charge in [0.15, 0.2) is 6.10 Å². The molecule has 28 heavy (non-hydrogen) atoms. The number of benzene rings is 2. The van der Waals surface area contributed by atoms with Gasteiger partial charge < -0.3 is 20.5 Å². The minimum atomic E-state index is -1.10. The van der Waals surface area contributed by atoms with E-state index in [0.717, 1.165) is 11.6 Å². The van der Waals surface area contributed by atoms with Gasteiger partial charge in [0.25, 0.3) is 11.6 Å². The summed E-state index contributed by atoms with van der Waals surface area (Å²) in [4.78, 5) is 35.0. The third-order valence-corrected chi connectivity index (χ3v) is 3.82. The molecule has 0 spiro atoms. The predicted molar refractivity (Wildman–Crippen MR) is 102 cm³/mol. The zero-order valence-electron chi connectivity index (χ0n) is 15.3. The predicted octanol–water partition coefficient (Wildman–Crippen LogP) is 1.86. The maximum absolute atomic E-state index is 12.5. The lowest BCUT2D eigenvalue weighted by molar-refractivity contribution is -0.384. The lowest BCUT2D eigenvalue weighted by Crippen LogP contribution is -2.35. The molecule has 148 valence electrons. The van der Waals surface area contributed by atoms with Crippen LogP contribution in [0.25, 0.3) is 0 Å². The van der Waals surface area contributed by atoms with Crippen LogP contribution in [0.2, 0.25) is 0 Å². The lowest BCUT2D eigenvalue weighted by Gasteiger charge is -2.15. The Morgan fingerprint density at radius 2 is 1.93 bits per heavy atom. The van der Waals surface area contributed by atoms with Gasteiger partial charge in [-0.3, -0.25) is 14.9 Å². The zero-order valence-corrected chi connectivity index (χ0v) is 15.3. The van der Waals surface area contributed by atoms with E-state index >= 15 is 0 Å². The van der Waals surface area contributed by atoms with Crippen LogP contribution in [0.3, 0.4) is 0 Å². The molecule has 0 aromatic heterocycles. The number of anilines is 1. The summed E-state index contributed by atoms with van der Waals surface area (Å²) in [5.41, 5.74) is 0.776. The van der Waals surface area contributed by atoms with Crippen LogP contribution in [0.15, 0.2) is 48.5 Å². The molecule has 2 aromatic carbocycles. The summed E-state index contributed by atoms with van der Waals surface area (Å²) in [6.45, 7) is 1.65. The highest BCUT2D eigenvalue weighted by atomic mass is 16.6. The largest absolute Gasteiger partial charge is 0.449 e. The summed E-state index contributed by atoms with van der Waals surface area (Å²) in [7, 11) is 0. The third-order valence-electron chi connectivity index (χ3n) is 3.82. The van der Waals surface area contributed by atoms with E-state index in [4.69, 9.17) is 9.84 Å². The van der Waals surface area contributed by atoms with E-state index in [0.29, 0.717) is 0 Å². The number of amides is 1. The Kier molecular flexibility index (Phi) is 7.46. The maximum Gasteiger partial charge on any atom is 0.341 e. The molecule has 0 saturated heterocycles. The quantitative estimate of drug-likeness (QED) is 0.340. The number of nitrogens with one attached hydrogen (secondary N) is 2. The topological polar surface area (TPSA) is 131 Å². The number of rotatable bonds is 9. The first-order valence-electron chi connectivity index (χ1n) is 8.58. The van der Waals surface area contributed by atoms with Gasteiger partial charge in [0.1, 0.15) is 0 Å². The highest BCUT2D eigenvalue weighted by molar-refractivity contribution is 5.98. The van der Waals surface area contributed by atoms with Gasteiger partial charge in [-0.05, 0) is 18.6 Å². The van der Waals surface area contributed by atoms with Gasteiger partial charge in [-0.1, -0.05) is 30.3 Å². The molecule has 0 bridgehead atoms. The molecular formula is C19H21N3O6. The van der Waals surface area contributed by atoms with E-state index in [-0.39, 0.29) is 36.6 Å². The highest BCUT2D eigenvalue weighted by Gasteiger charge is 2.23. The number of nitrogens with zero attached hydrogens (tertiary/aromatic N) is 1. The summed E-state index contributed by atoms with van der Waals surface area (Å²) >= 11 is 0. The smallest absolute Gasteiger partial charge is 0.341 e. The first-order valence-corrected chi connectivity index (χ1v) is 8.58. The van der Waals surface area contributed by atoms with E-state index in [9.17, 15) is 19.7 Å². The first kappa shape index (κ1) is 20.8. The molecule has 2 rings (SSSR count). The first-order chi connectivity index (χ1) is 13.4. The molecule has 3 N–H and O–H groups in total. The van der Waals surface area contributed by atoms with E-state index in [1.807, 2.05) is 30.3 Å². The number of carbonyl (C=O) groups is 2. The Morgan fingerprint density at radius 1 is 1.21 bits per heavy atom. The number of esters is 1. The standard InChI is InChI=1S/C19H21N3O6/c1-13(18(24)21-12-14-5-3-2-4-6-14)28-19(25)16-11-15(22(26)27)7-8-17(16)20-9-10-23/h2-8,11,13,20,23H,9-10,12H2,1H3,(H,21,24)/t13-/m0/s1. The number of ether oxygens (including phenoxy) is 1. The van der Waals surface area contributed by atoms with Crippen molar-refractivity contribution in [3.63, 3.8) is 0 Å². The fourth-order valence-corrected chi connectivity index (χ4v) is 2.37. The van der Waals surface area contributed by atoms with Crippen LogP contribution in [0.1, 0.15) is 22.8 Å². The van der Waals surface area contributed by atoms with Crippen molar-refractivity contribution in [1.82, 2.24) is 5.32 Å². The summed E-state index contributed by atoms with van der Waals surface area (Å²) in [5.74, 6) is -1.38. The molecule has 0 aliphatic rings. The Morgan fingerprint density at radius 3 is 2.57 bits per heavy atom. The normalized spacial score (nSPS) is 11.4. The number of hydrogen-bond acceptors (Lipinski definition) is 7. The van der Waals surface area contributed by atoms with Gasteiger partial charge in [0.2, 0.25) is 0 Å². The third kappa shape index (κ3) is 5.78. The van der Waals surface area contributed by atoms with E-state index in [1.54, 1.807) is 0 Å². The lowest BCUT2D eigenvalue weighted by atomic mass is 10.1. The summed E-state index contributed by atoms with van der Waals surface area (Å²) in [6.07, 6.45) is -1.10. The molecule has 9 heteroatoms. The molecule has 0 aliphatic heterocycles. The Balaban J connectivity index is 2.06. The second kappa shape index (κ2) is 10.0. The molecule has 0 aliphatic carbocycles. The van der Waals surface area contributed by atoms with Crippen molar-refractivity contribution in [2.75, 3.05) is 18.5 Å². The van der Waals surface area contributed by atoms with Crippen molar-refractivity contribution < 1.29 is 24.4 Å². The van der Waals surface area contributed by atoms with E-state index in [1.165, 1.54) is 19.1 Å². The van der Waals surface area contributed by atoms with E-state index in [2.05, 4.69) is 10.6 Å². The fraction of sp³-hybridized carbons (Fsp3) is 0.263. The van der Waals surface area contributed by atoms with Crippen molar-refractivity contribution in [3.05, 3.63) is 69.8 Å². The Labute approximate surface area is 161 Å². The average molecular weight is 387 g/mol. The van der Waals surface area contributed by atoms with Crippen LogP contribution in [-0.2, 0) is 16.1 Å². The number of aliphatic hydroxyl groups excluding tert-OH is 1. The average Bonchev–Trinajstić information content (AvgIpc) is 2.70.